The van der Waals surface area contributed by atoms with E-state index in [9.17, 15) is 0 Å². The second-order valence-corrected chi connectivity index (χ2v) is 14.3. The van der Waals surface area contributed by atoms with E-state index >= 15 is 0 Å². The first-order valence-corrected chi connectivity index (χ1v) is 17.9. The van der Waals surface area contributed by atoms with E-state index < -0.39 is 0 Å². The molecule has 0 fully saturated rings. The average molecular weight is 682 g/mol. The number of rotatable bonds is 4. The second-order valence-electron chi connectivity index (χ2n) is 14.3. The first-order chi connectivity index (χ1) is 26.0. The van der Waals surface area contributed by atoms with Gasteiger partial charge in [0, 0.05) is 55.5 Å². The van der Waals surface area contributed by atoms with Crippen LogP contribution in [0.4, 0.5) is 0 Å². The molecule has 0 radical (unpaired) electrons. The summed E-state index contributed by atoms with van der Waals surface area (Å²) in [7, 11) is 0. The quantitative estimate of drug-likeness (QED) is 0.185. The maximum atomic E-state index is 6.15. The van der Waals surface area contributed by atoms with Gasteiger partial charge in [0.25, 0.3) is 0 Å². The molecule has 0 bridgehead atoms. The van der Waals surface area contributed by atoms with Crippen molar-refractivity contribution in [2.75, 3.05) is 0 Å². The Morgan fingerprint density at radius 2 is 1.23 bits per heavy atom. The summed E-state index contributed by atoms with van der Waals surface area (Å²) in [6.07, 6.45) is 1.87. The molecule has 11 rings (SSSR count). The maximum Gasteiger partial charge on any atom is 0.164 e. The molecule has 0 unspecified atom stereocenters. The smallest absolute Gasteiger partial charge is 0.164 e. The molecule has 0 N–H and O–H groups in total. The summed E-state index contributed by atoms with van der Waals surface area (Å²) in [6.45, 7) is 4.63. The van der Waals surface area contributed by atoms with Crippen LogP contribution in [0.5, 0.6) is 0 Å². The summed E-state index contributed by atoms with van der Waals surface area (Å²) in [5, 5.41) is 4.44. The molecule has 4 aromatic heterocycles. The van der Waals surface area contributed by atoms with Crippen molar-refractivity contribution < 1.29 is 4.42 Å². The van der Waals surface area contributed by atoms with E-state index in [-0.39, 0.29) is 5.41 Å². The Hall–Kier alpha value is -6.92. The van der Waals surface area contributed by atoms with E-state index in [1.54, 1.807) is 0 Å². The third kappa shape index (κ3) is 4.39. The van der Waals surface area contributed by atoms with Crippen LogP contribution >= 0.6 is 0 Å². The number of pyridine rings is 1. The molecule has 6 nitrogen and oxygen atoms in total. The van der Waals surface area contributed by atoms with Crippen molar-refractivity contribution in [3.8, 4) is 51.0 Å². The Balaban J connectivity index is 1.09. The number of benzene rings is 6. The minimum Gasteiger partial charge on any atom is -0.456 e. The molecule has 0 aliphatic heterocycles. The van der Waals surface area contributed by atoms with Crippen LogP contribution in [0.1, 0.15) is 25.0 Å². The summed E-state index contributed by atoms with van der Waals surface area (Å²) < 4.78 is 8.44. The molecule has 53 heavy (non-hydrogen) atoms. The summed E-state index contributed by atoms with van der Waals surface area (Å²) in [4.78, 5) is 20.3. The molecule has 0 saturated carbocycles. The van der Waals surface area contributed by atoms with Crippen LogP contribution in [-0.4, -0.2) is 24.5 Å². The lowest BCUT2D eigenvalue weighted by molar-refractivity contribution is 0.660. The minimum absolute atomic E-state index is 0.349. The largest absolute Gasteiger partial charge is 0.456 e. The fourth-order valence-corrected chi connectivity index (χ4v) is 8.46. The van der Waals surface area contributed by atoms with Gasteiger partial charge >= 0.3 is 0 Å². The van der Waals surface area contributed by atoms with Gasteiger partial charge in [-0.1, -0.05) is 105 Å². The second kappa shape index (κ2) is 11.0. The standard InChI is InChI=1S/C47H31N5O/c1-47(2)38-27-30(52-39-19-8-6-14-32(39)35-18-11-25-48-46(35)52)22-23-31(38)34-16-10-17-36(42(34)47)45-50-43(28-12-4-3-5-13-28)49-44(51-45)29-21-24-41-37(26-29)33-15-7-9-20-40(33)53-41/h3-27H,1-2H3. The van der Waals surface area contributed by atoms with Crippen molar-refractivity contribution >= 4 is 43.9 Å². The normalized spacial score (nSPS) is 13.2. The lowest BCUT2D eigenvalue weighted by Gasteiger charge is -2.24. The first kappa shape index (κ1) is 29.8. The Labute approximate surface area is 305 Å². The highest BCUT2D eigenvalue weighted by Crippen LogP contribution is 2.52. The Bertz CT molecular complexity index is 3050. The Kier molecular flexibility index (Phi) is 6.20. The molecule has 6 aromatic carbocycles. The van der Waals surface area contributed by atoms with Crippen LogP contribution in [-0.2, 0) is 5.41 Å². The van der Waals surface area contributed by atoms with Crippen LogP contribution in [0.2, 0.25) is 0 Å². The van der Waals surface area contributed by atoms with Crippen LogP contribution in [0, 0.1) is 0 Å². The SMILES string of the molecule is CC1(C)c2cc(-n3c4ccccc4c4cccnc43)ccc2-c2cccc(-c3nc(-c4ccccc4)nc(-c4ccc5oc6ccccc6c5c4)n3)c21. The molecule has 250 valence electrons. The molecule has 0 atom stereocenters. The molecule has 0 amide bonds. The maximum absolute atomic E-state index is 6.15. The highest BCUT2D eigenvalue weighted by Gasteiger charge is 2.38. The van der Waals surface area contributed by atoms with Gasteiger partial charge in [-0.25, -0.2) is 19.9 Å². The van der Waals surface area contributed by atoms with E-state index in [1.165, 1.54) is 27.6 Å². The van der Waals surface area contributed by atoms with Gasteiger partial charge in [-0.3, -0.25) is 4.57 Å². The molecule has 0 saturated heterocycles. The number of furan rings is 1. The number of fused-ring (bicyclic) bond motifs is 9. The van der Waals surface area contributed by atoms with Gasteiger partial charge in [0.1, 0.15) is 16.8 Å². The minimum atomic E-state index is -0.349. The van der Waals surface area contributed by atoms with Crippen LogP contribution in [0.15, 0.2) is 156 Å². The molecular formula is C47H31N5O. The zero-order valence-electron chi connectivity index (χ0n) is 29.1. The van der Waals surface area contributed by atoms with E-state index in [4.69, 9.17) is 24.4 Å². The van der Waals surface area contributed by atoms with Crippen molar-refractivity contribution in [2.45, 2.75) is 19.3 Å². The van der Waals surface area contributed by atoms with Gasteiger partial charge in [-0.2, -0.15) is 0 Å². The monoisotopic (exact) mass is 681 g/mol. The lowest BCUT2D eigenvalue weighted by Crippen LogP contribution is -2.17. The van der Waals surface area contributed by atoms with Gasteiger partial charge in [-0.15, -0.1) is 0 Å². The van der Waals surface area contributed by atoms with Crippen molar-refractivity contribution in [1.82, 2.24) is 24.5 Å². The third-order valence-corrected chi connectivity index (χ3v) is 10.9. The first-order valence-electron chi connectivity index (χ1n) is 17.9. The van der Waals surface area contributed by atoms with Crippen LogP contribution < -0.4 is 0 Å². The number of hydrogen-bond donors (Lipinski definition) is 0. The van der Waals surface area contributed by atoms with Gasteiger partial charge in [0.2, 0.25) is 0 Å². The molecule has 10 aromatic rings. The average Bonchev–Trinajstić information content (AvgIpc) is 3.83. The highest BCUT2D eigenvalue weighted by molar-refractivity contribution is 6.08. The van der Waals surface area contributed by atoms with E-state index in [0.717, 1.165) is 60.9 Å². The number of aromatic nitrogens is 5. The summed E-state index contributed by atoms with van der Waals surface area (Å²) in [5.41, 5.74) is 12.3. The zero-order valence-corrected chi connectivity index (χ0v) is 29.1. The van der Waals surface area contributed by atoms with Gasteiger partial charge in [0.05, 0.1) is 5.52 Å². The Morgan fingerprint density at radius 3 is 2.11 bits per heavy atom. The van der Waals surface area contributed by atoms with E-state index in [2.05, 4.69) is 109 Å². The highest BCUT2D eigenvalue weighted by atomic mass is 16.3. The number of para-hydroxylation sites is 2. The fourth-order valence-electron chi connectivity index (χ4n) is 8.46. The Morgan fingerprint density at radius 1 is 0.509 bits per heavy atom. The predicted octanol–water partition coefficient (Wildman–Crippen LogP) is 11.6. The lowest BCUT2D eigenvalue weighted by atomic mass is 9.80. The zero-order chi connectivity index (χ0) is 35.3. The summed E-state index contributed by atoms with van der Waals surface area (Å²) >= 11 is 0. The van der Waals surface area contributed by atoms with Crippen molar-refractivity contribution in [3.05, 3.63) is 163 Å². The van der Waals surface area contributed by atoms with Crippen molar-refractivity contribution in [2.24, 2.45) is 0 Å². The summed E-state index contributed by atoms with van der Waals surface area (Å²) in [6, 6.07) is 50.5. The topological polar surface area (TPSA) is 69.6 Å². The van der Waals surface area contributed by atoms with Gasteiger partial charge in [0.15, 0.2) is 17.5 Å². The third-order valence-electron chi connectivity index (χ3n) is 10.9. The fraction of sp³-hybridized carbons (Fsp3) is 0.0638. The summed E-state index contributed by atoms with van der Waals surface area (Å²) in [5.74, 6) is 1.90. The van der Waals surface area contributed by atoms with E-state index in [1.807, 2.05) is 60.8 Å². The van der Waals surface area contributed by atoms with Gasteiger partial charge < -0.3 is 4.42 Å². The van der Waals surface area contributed by atoms with Crippen molar-refractivity contribution in [3.63, 3.8) is 0 Å². The molecule has 1 aliphatic carbocycles. The van der Waals surface area contributed by atoms with Crippen LogP contribution in [0.25, 0.3) is 94.9 Å². The number of nitrogens with zero attached hydrogens (tertiary/aromatic N) is 5. The molecule has 0 spiro atoms. The predicted molar refractivity (Wildman–Crippen MR) is 213 cm³/mol. The molecular weight excluding hydrogens is 651 g/mol. The van der Waals surface area contributed by atoms with Crippen LogP contribution in [0.3, 0.4) is 0 Å². The number of hydrogen-bond acceptors (Lipinski definition) is 5. The molecule has 1 aliphatic rings. The molecule has 4 heterocycles. The van der Waals surface area contributed by atoms with E-state index in [0.29, 0.717) is 17.5 Å². The van der Waals surface area contributed by atoms with Crippen molar-refractivity contribution in [1.29, 1.82) is 0 Å². The molecule has 6 heteroatoms. The van der Waals surface area contributed by atoms with Gasteiger partial charge in [-0.05, 0) is 76.9 Å².